The van der Waals surface area contributed by atoms with E-state index in [1.807, 2.05) is 11.4 Å². The first kappa shape index (κ1) is 20.6. The lowest BCUT2D eigenvalue weighted by molar-refractivity contribution is -0.146. The van der Waals surface area contributed by atoms with Gasteiger partial charge in [-0.25, -0.2) is 8.42 Å². The van der Waals surface area contributed by atoms with Crippen molar-refractivity contribution >= 4 is 27.3 Å². The summed E-state index contributed by atoms with van der Waals surface area (Å²) in [5.74, 6) is -0.418. The zero-order chi connectivity index (χ0) is 20.3. The highest BCUT2D eigenvalue weighted by Gasteiger charge is 2.42. The Morgan fingerprint density at radius 1 is 1.25 bits per heavy atom. The number of ether oxygens (including phenoxy) is 2. The van der Waals surface area contributed by atoms with Crippen LogP contribution < -0.4 is 4.74 Å². The zero-order valence-electron chi connectivity index (χ0n) is 15.8. The van der Waals surface area contributed by atoms with Gasteiger partial charge in [-0.15, -0.1) is 17.9 Å². The molecule has 0 fully saturated rings. The molecule has 8 heteroatoms. The Morgan fingerprint density at radius 2 is 1.96 bits per heavy atom. The van der Waals surface area contributed by atoms with E-state index in [1.54, 1.807) is 29.5 Å². The summed E-state index contributed by atoms with van der Waals surface area (Å²) >= 11 is 1.60. The quantitative estimate of drug-likeness (QED) is 0.548. The summed E-state index contributed by atoms with van der Waals surface area (Å²) < 4.78 is 38.2. The van der Waals surface area contributed by atoms with Gasteiger partial charge in [0, 0.05) is 17.3 Å². The first-order chi connectivity index (χ1) is 13.4. The molecule has 2 heterocycles. The van der Waals surface area contributed by atoms with Gasteiger partial charge in [-0.05, 0) is 54.1 Å². The number of fused-ring (bicyclic) bond motifs is 1. The number of carbonyl (C=O) groups excluding carboxylic acids is 1. The third kappa shape index (κ3) is 3.85. The van der Waals surface area contributed by atoms with Crippen LogP contribution in [-0.4, -0.2) is 45.5 Å². The van der Waals surface area contributed by atoms with Crippen LogP contribution in [0.5, 0.6) is 5.75 Å². The second-order valence-electron chi connectivity index (χ2n) is 6.48. The second-order valence-corrected chi connectivity index (χ2v) is 9.37. The van der Waals surface area contributed by atoms with Crippen molar-refractivity contribution in [1.29, 1.82) is 0 Å². The highest BCUT2D eigenvalue weighted by Crippen LogP contribution is 2.32. The predicted molar refractivity (Wildman–Crippen MR) is 108 cm³/mol. The molecule has 1 aromatic carbocycles. The average molecular weight is 422 g/mol. The first-order valence-corrected chi connectivity index (χ1v) is 11.2. The van der Waals surface area contributed by atoms with Crippen LogP contribution in [0.25, 0.3) is 0 Å². The molecule has 1 aliphatic heterocycles. The molecule has 0 bridgehead atoms. The normalized spacial score (nSPS) is 20.5. The molecule has 150 valence electrons. The Labute approximate surface area is 169 Å². The van der Waals surface area contributed by atoms with Crippen molar-refractivity contribution in [3.8, 4) is 5.75 Å². The van der Waals surface area contributed by atoms with E-state index in [0.717, 1.165) is 10.4 Å². The van der Waals surface area contributed by atoms with Crippen molar-refractivity contribution in [1.82, 2.24) is 4.31 Å². The molecule has 2 atom stereocenters. The van der Waals surface area contributed by atoms with Crippen LogP contribution in [0, 0.1) is 5.92 Å². The molecule has 0 radical (unpaired) electrons. The number of esters is 1. The Bertz CT molecular complexity index is 949. The molecule has 28 heavy (non-hydrogen) atoms. The van der Waals surface area contributed by atoms with E-state index in [-0.39, 0.29) is 11.4 Å². The van der Waals surface area contributed by atoms with Crippen molar-refractivity contribution in [2.75, 3.05) is 20.8 Å². The molecule has 0 unspecified atom stereocenters. The minimum absolute atomic E-state index is 0.108. The van der Waals surface area contributed by atoms with E-state index in [1.165, 1.54) is 30.7 Å². The van der Waals surface area contributed by atoms with Crippen LogP contribution in [0.15, 0.2) is 53.3 Å². The molecule has 3 rings (SSSR count). The van der Waals surface area contributed by atoms with Crippen molar-refractivity contribution < 1.29 is 22.7 Å². The van der Waals surface area contributed by atoms with Crippen LogP contribution in [-0.2, 0) is 32.4 Å². The maximum Gasteiger partial charge on any atom is 0.324 e. The van der Waals surface area contributed by atoms with Gasteiger partial charge in [0.2, 0.25) is 10.0 Å². The molecule has 1 aromatic heterocycles. The molecule has 2 aromatic rings. The monoisotopic (exact) mass is 421 g/mol. The van der Waals surface area contributed by atoms with Crippen LogP contribution >= 0.6 is 11.3 Å². The van der Waals surface area contributed by atoms with E-state index in [2.05, 4.69) is 6.58 Å². The minimum Gasteiger partial charge on any atom is -0.497 e. The van der Waals surface area contributed by atoms with Crippen molar-refractivity contribution in [2.24, 2.45) is 5.92 Å². The predicted octanol–water partition coefficient (Wildman–Crippen LogP) is 2.89. The highest BCUT2D eigenvalue weighted by atomic mass is 32.2. The summed E-state index contributed by atoms with van der Waals surface area (Å²) in [7, 11) is -1.14. The van der Waals surface area contributed by atoms with Crippen LogP contribution in [0.2, 0.25) is 0 Å². The smallest absolute Gasteiger partial charge is 0.324 e. The average Bonchev–Trinajstić information content (AvgIpc) is 3.13. The fraction of sp³-hybridized carbons (Fsp3) is 0.350. The van der Waals surface area contributed by atoms with Gasteiger partial charge in [0.25, 0.3) is 0 Å². The molecule has 0 amide bonds. The maximum atomic E-state index is 13.4. The summed E-state index contributed by atoms with van der Waals surface area (Å²) in [5, 5.41) is 1.99. The van der Waals surface area contributed by atoms with Crippen molar-refractivity contribution in [2.45, 2.75) is 23.8 Å². The molecule has 0 aliphatic carbocycles. The standard InChI is InChI=1S/C20H23NO5S2/c1-4-14-13-15-10-12-27-18(15)9-11-21(19(14)20(22)26-3)28(23,24)17-7-5-16(25-2)6-8-17/h4-8,10,12,14,19H,1,9,11,13H2,2-3H3/t14-,19+/m1/s1. The number of carbonyl (C=O) groups is 1. The van der Waals surface area contributed by atoms with E-state index >= 15 is 0 Å². The molecule has 0 N–H and O–H groups in total. The Balaban J connectivity index is 2.08. The van der Waals surface area contributed by atoms with Crippen molar-refractivity contribution in [3.63, 3.8) is 0 Å². The Kier molecular flexibility index (Phi) is 6.22. The van der Waals surface area contributed by atoms with Gasteiger partial charge in [-0.1, -0.05) is 6.08 Å². The molecular formula is C20H23NO5S2. The van der Waals surface area contributed by atoms with Gasteiger partial charge in [-0.3, -0.25) is 4.79 Å². The van der Waals surface area contributed by atoms with Gasteiger partial charge >= 0.3 is 5.97 Å². The number of rotatable bonds is 5. The van der Waals surface area contributed by atoms with Crippen LogP contribution in [0.4, 0.5) is 0 Å². The number of nitrogens with zero attached hydrogens (tertiary/aromatic N) is 1. The fourth-order valence-corrected chi connectivity index (χ4v) is 6.01. The van der Waals surface area contributed by atoms with E-state index in [9.17, 15) is 13.2 Å². The van der Waals surface area contributed by atoms with Gasteiger partial charge in [0.1, 0.15) is 11.8 Å². The number of thiophene rings is 1. The molecule has 0 saturated heterocycles. The van der Waals surface area contributed by atoms with Gasteiger partial charge in [-0.2, -0.15) is 4.31 Å². The second kappa shape index (κ2) is 8.46. The summed E-state index contributed by atoms with van der Waals surface area (Å²) in [6.45, 7) is 4.04. The lowest BCUT2D eigenvalue weighted by Gasteiger charge is -2.35. The maximum absolute atomic E-state index is 13.4. The van der Waals surface area contributed by atoms with Crippen LogP contribution in [0.3, 0.4) is 0 Å². The van der Waals surface area contributed by atoms with Gasteiger partial charge < -0.3 is 9.47 Å². The Hall–Kier alpha value is -2.16. The molecule has 6 nitrogen and oxygen atoms in total. The molecular weight excluding hydrogens is 398 g/mol. The van der Waals surface area contributed by atoms with E-state index in [0.29, 0.717) is 18.6 Å². The Morgan fingerprint density at radius 3 is 2.57 bits per heavy atom. The SMILES string of the molecule is C=C[C@@H]1Cc2ccsc2CCN(S(=O)(=O)c2ccc(OC)cc2)[C@@H]1C(=O)OC. The lowest BCUT2D eigenvalue weighted by Crippen LogP contribution is -2.51. The number of hydrogen-bond acceptors (Lipinski definition) is 6. The number of sulfonamides is 1. The van der Waals surface area contributed by atoms with E-state index in [4.69, 9.17) is 9.47 Å². The number of methoxy groups -OCH3 is 2. The van der Waals surface area contributed by atoms with Crippen LogP contribution in [0.1, 0.15) is 10.4 Å². The highest BCUT2D eigenvalue weighted by molar-refractivity contribution is 7.89. The third-order valence-electron chi connectivity index (χ3n) is 4.98. The minimum atomic E-state index is -3.93. The third-order valence-corrected chi connectivity index (χ3v) is 7.90. The molecule has 0 saturated carbocycles. The van der Waals surface area contributed by atoms with Gasteiger partial charge in [0.05, 0.1) is 19.1 Å². The largest absolute Gasteiger partial charge is 0.497 e. The summed E-state index contributed by atoms with van der Waals surface area (Å²) in [5.41, 5.74) is 1.13. The lowest BCUT2D eigenvalue weighted by atomic mass is 9.90. The van der Waals surface area contributed by atoms with E-state index < -0.39 is 28.0 Å². The number of benzene rings is 1. The summed E-state index contributed by atoms with van der Waals surface area (Å²) in [6, 6.07) is 7.21. The first-order valence-electron chi connectivity index (χ1n) is 8.84. The molecule has 1 aliphatic rings. The summed E-state index contributed by atoms with van der Waals surface area (Å²) in [6.07, 6.45) is 2.72. The van der Waals surface area contributed by atoms with Crippen molar-refractivity contribution in [3.05, 3.63) is 58.8 Å². The van der Waals surface area contributed by atoms with Gasteiger partial charge in [0.15, 0.2) is 0 Å². The summed E-state index contributed by atoms with van der Waals surface area (Å²) in [4.78, 5) is 13.9. The topological polar surface area (TPSA) is 72.9 Å². The number of hydrogen-bond donors (Lipinski definition) is 0. The molecule has 0 spiro atoms. The zero-order valence-corrected chi connectivity index (χ0v) is 17.5. The fourth-order valence-electron chi connectivity index (χ4n) is 3.48.